The molecular formula is C61H96O6. The summed E-state index contributed by atoms with van der Waals surface area (Å²) in [5.41, 5.74) is 0. The third-order valence-corrected chi connectivity index (χ3v) is 10.6. The molecule has 0 aromatic rings. The van der Waals surface area contributed by atoms with E-state index >= 15 is 0 Å². The summed E-state index contributed by atoms with van der Waals surface area (Å²) in [5.74, 6) is -0.994. The number of esters is 3. The van der Waals surface area contributed by atoms with Crippen LogP contribution in [0.25, 0.3) is 0 Å². The minimum Gasteiger partial charge on any atom is -0.462 e. The largest absolute Gasteiger partial charge is 0.462 e. The second-order valence-electron chi connectivity index (χ2n) is 17.0. The van der Waals surface area contributed by atoms with Gasteiger partial charge in [0.15, 0.2) is 6.10 Å². The van der Waals surface area contributed by atoms with Gasteiger partial charge in [0.1, 0.15) is 13.2 Å². The van der Waals surface area contributed by atoms with Crippen LogP contribution in [-0.2, 0) is 28.6 Å². The highest BCUT2D eigenvalue weighted by molar-refractivity contribution is 5.71. The van der Waals surface area contributed by atoms with E-state index in [4.69, 9.17) is 14.2 Å². The summed E-state index contributed by atoms with van der Waals surface area (Å²) in [7, 11) is 0. The molecule has 0 bridgehead atoms. The first-order valence-electron chi connectivity index (χ1n) is 26.7. The van der Waals surface area contributed by atoms with E-state index in [-0.39, 0.29) is 31.1 Å². The van der Waals surface area contributed by atoms with Crippen LogP contribution in [0.5, 0.6) is 0 Å². The zero-order valence-electron chi connectivity index (χ0n) is 42.9. The molecule has 0 saturated carbocycles. The van der Waals surface area contributed by atoms with Crippen molar-refractivity contribution in [2.45, 2.75) is 219 Å². The van der Waals surface area contributed by atoms with Crippen LogP contribution in [0.1, 0.15) is 213 Å². The maximum atomic E-state index is 12.8. The van der Waals surface area contributed by atoms with Crippen LogP contribution in [0.4, 0.5) is 0 Å². The summed E-state index contributed by atoms with van der Waals surface area (Å²) in [5, 5.41) is 0. The summed E-state index contributed by atoms with van der Waals surface area (Å²) in [6.07, 6.45) is 75.8. The molecule has 376 valence electrons. The number of rotatable bonds is 46. The van der Waals surface area contributed by atoms with Gasteiger partial charge in [0.2, 0.25) is 0 Å². The van der Waals surface area contributed by atoms with Gasteiger partial charge in [-0.2, -0.15) is 0 Å². The standard InChI is InChI=1S/C61H96O6/c1-4-7-10-13-16-19-22-24-26-28-30-32-34-36-39-41-44-47-50-53-59(62)65-56-58(67-61(64)55-52-49-46-43-38-21-18-15-12-9-6-3)57-66-60(63)54-51-48-45-42-40-37-35-33-31-29-27-25-23-20-17-14-11-8-5-2/h7-8,10-11,15-20,24-27,30-33,36-37,39-40,58H,4-6,9,12-14,21-23,28-29,34-35,38,41-57H2,1-3H3/b10-7-,11-8-,18-15-,19-16-,20-17-,26-24-,27-25-,32-30-,33-31-,39-36-,40-37-. The predicted octanol–water partition coefficient (Wildman–Crippen LogP) is 17.9. The topological polar surface area (TPSA) is 78.9 Å². The normalized spacial score (nSPS) is 12.8. The highest BCUT2D eigenvalue weighted by Crippen LogP contribution is 2.12. The van der Waals surface area contributed by atoms with Gasteiger partial charge in [0, 0.05) is 19.3 Å². The van der Waals surface area contributed by atoms with Crippen molar-refractivity contribution in [1.29, 1.82) is 0 Å². The van der Waals surface area contributed by atoms with Crippen molar-refractivity contribution >= 4 is 17.9 Å². The van der Waals surface area contributed by atoms with Crippen molar-refractivity contribution in [3.05, 3.63) is 134 Å². The third-order valence-electron chi connectivity index (χ3n) is 10.6. The number of ether oxygens (including phenoxy) is 3. The molecule has 0 aromatic heterocycles. The van der Waals surface area contributed by atoms with E-state index < -0.39 is 6.10 Å². The van der Waals surface area contributed by atoms with Gasteiger partial charge in [0.25, 0.3) is 0 Å². The smallest absolute Gasteiger partial charge is 0.306 e. The van der Waals surface area contributed by atoms with E-state index in [0.717, 1.165) is 154 Å². The molecule has 0 heterocycles. The average molecular weight is 925 g/mol. The molecule has 0 fully saturated rings. The summed E-state index contributed by atoms with van der Waals surface area (Å²) < 4.78 is 16.7. The summed E-state index contributed by atoms with van der Waals surface area (Å²) in [6, 6.07) is 0. The van der Waals surface area contributed by atoms with Crippen LogP contribution < -0.4 is 0 Å². The minimum absolute atomic E-state index is 0.114. The summed E-state index contributed by atoms with van der Waals surface area (Å²) >= 11 is 0. The zero-order valence-corrected chi connectivity index (χ0v) is 42.9. The molecule has 67 heavy (non-hydrogen) atoms. The number of carbonyl (C=O) groups is 3. The Bertz CT molecular complexity index is 1390. The molecule has 6 heteroatoms. The van der Waals surface area contributed by atoms with Gasteiger partial charge in [-0.05, 0) is 128 Å². The lowest BCUT2D eigenvalue weighted by Crippen LogP contribution is -2.30. The molecule has 0 unspecified atom stereocenters. The van der Waals surface area contributed by atoms with Gasteiger partial charge in [-0.1, -0.05) is 199 Å². The number of hydrogen-bond donors (Lipinski definition) is 0. The fourth-order valence-electron chi connectivity index (χ4n) is 6.65. The number of carbonyl (C=O) groups excluding carboxylic acids is 3. The molecule has 6 nitrogen and oxygen atoms in total. The lowest BCUT2D eigenvalue weighted by Gasteiger charge is -2.18. The van der Waals surface area contributed by atoms with Crippen LogP contribution in [0, 0.1) is 0 Å². The van der Waals surface area contributed by atoms with Crippen molar-refractivity contribution in [1.82, 2.24) is 0 Å². The molecule has 0 N–H and O–H groups in total. The first kappa shape index (κ1) is 62.5. The first-order valence-corrected chi connectivity index (χ1v) is 26.7. The van der Waals surface area contributed by atoms with Gasteiger partial charge in [-0.3, -0.25) is 14.4 Å². The quantitative estimate of drug-likeness (QED) is 0.0262. The predicted molar refractivity (Wildman–Crippen MR) is 288 cm³/mol. The van der Waals surface area contributed by atoms with Gasteiger partial charge >= 0.3 is 17.9 Å². The maximum Gasteiger partial charge on any atom is 0.306 e. The molecule has 0 aliphatic heterocycles. The van der Waals surface area contributed by atoms with Gasteiger partial charge in [-0.15, -0.1) is 0 Å². The summed E-state index contributed by atoms with van der Waals surface area (Å²) in [4.78, 5) is 38.0. The monoisotopic (exact) mass is 925 g/mol. The first-order chi connectivity index (χ1) is 33.0. The van der Waals surface area contributed by atoms with Gasteiger partial charge in [0.05, 0.1) is 0 Å². The highest BCUT2D eigenvalue weighted by atomic mass is 16.6. The second kappa shape index (κ2) is 54.2. The Morgan fingerprint density at radius 1 is 0.313 bits per heavy atom. The SMILES string of the molecule is CC/C=C\C/C=C\C/C=C\C/C=C\C/C=C\CCCCCC(=O)OCC(COC(=O)CCCCC/C=C\C/C=C\C/C=C\C/C=C\C/C=C\CC)OC(=O)CCCCCCC/C=C\CCCC. The Kier molecular flexibility index (Phi) is 50.6. The number of allylic oxidation sites excluding steroid dienone is 22. The van der Waals surface area contributed by atoms with Crippen LogP contribution in [0.15, 0.2) is 134 Å². The van der Waals surface area contributed by atoms with E-state index in [1.807, 2.05) is 0 Å². The van der Waals surface area contributed by atoms with Crippen LogP contribution in [0.3, 0.4) is 0 Å². The molecule has 0 radical (unpaired) electrons. The van der Waals surface area contributed by atoms with E-state index in [0.29, 0.717) is 19.3 Å². The molecule has 0 amide bonds. The van der Waals surface area contributed by atoms with E-state index in [9.17, 15) is 14.4 Å². The maximum absolute atomic E-state index is 12.8. The van der Waals surface area contributed by atoms with Gasteiger partial charge in [-0.25, -0.2) is 0 Å². The molecule has 0 atom stereocenters. The Balaban J connectivity index is 4.49. The molecular weight excluding hydrogens is 829 g/mol. The van der Waals surface area contributed by atoms with Gasteiger partial charge < -0.3 is 14.2 Å². The van der Waals surface area contributed by atoms with Crippen LogP contribution in [0.2, 0.25) is 0 Å². The lowest BCUT2D eigenvalue weighted by atomic mass is 10.1. The third kappa shape index (κ3) is 52.4. The number of unbranched alkanes of at least 4 members (excludes halogenated alkanes) is 13. The zero-order chi connectivity index (χ0) is 48.6. The molecule has 0 aliphatic rings. The Hall–Kier alpha value is -4.45. The molecule has 0 spiro atoms. The molecule has 0 aromatic carbocycles. The Morgan fingerprint density at radius 2 is 0.582 bits per heavy atom. The fraction of sp³-hybridized carbons (Fsp3) is 0.590. The van der Waals surface area contributed by atoms with E-state index in [1.54, 1.807) is 0 Å². The Labute approximate surface area is 411 Å². The highest BCUT2D eigenvalue weighted by Gasteiger charge is 2.19. The Morgan fingerprint density at radius 3 is 0.940 bits per heavy atom. The summed E-state index contributed by atoms with van der Waals surface area (Å²) in [6.45, 7) is 6.29. The lowest BCUT2D eigenvalue weighted by molar-refractivity contribution is -0.167. The van der Waals surface area contributed by atoms with Crippen LogP contribution >= 0.6 is 0 Å². The van der Waals surface area contributed by atoms with Crippen molar-refractivity contribution in [2.24, 2.45) is 0 Å². The molecule has 0 aliphatic carbocycles. The minimum atomic E-state index is -0.814. The van der Waals surface area contributed by atoms with Crippen LogP contribution in [-0.4, -0.2) is 37.2 Å². The fourth-order valence-corrected chi connectivity index (χ4v) is 6.65. The molecule has 0 saturated heterocycles. The van der Waals surface area contributed by atoms with E-state index in [1.165, 1.54) is 19.3 Å². The van der Waals surface area contributed by atoms with Crippen molar-refractivity contribution < 1.29 is 28.6 Å². The molecule has 0 rings (SSSR count). The van der Waals surface area contributed by atoms with E-state index in [2.05, 4.69) is 154 Å². The van der Waals surface area contributed by atoms with Crippen molar-refractivity contribution in [2.75, 3.05) is 13.2 Å². The second-order valence-corrected chi connectivity index (χ2v) is 17.0. The number of hydrogen-bond acceptors (Lipinski definition) is 6. The average Bonchev–Trinajstić information content (AvgIpc) is 3.33. The van der Waals surface area contributed by atoms with Crippen molar-refractivity contribution in [3.8, 4) is 0 Å². The van der Waals surface area contributed by atoms with Crippen molar-refractivity contribution in [3.63, 3.8) is 0 Å².